The fraction of sp³-hybridized carbons (Fsp3) is 0.188. The van der Waals surface area contributed by atoms with Crippen LogP contribution in [0.4, 0.5) is 17.1 Å². The number of nitro benzene ring substituents is 2. The molecule has 0 aliphatic heterocycles. The van der Waals surface area contributed by atoms with E-state index in [2.05, 4.69) is 4.99 Å². The zero-order chi connectivity index (χ0) is 18.6. The Hall–Kier alpha value is -3.49. The SMILES string of the molecule is COc1ccc(-c2cc([N+](=O)[O-])c(N=CN(C)C)c([N+](=O)[O-])c2)cc1. The average molecular weight is 344 g/mol. The van der Waals surface area contributed by atoms with Crippen LogP contribution >= 0.6 is 0 Å². The highest BCUT2D eigenvalue weighted by Crippen LogP contribution is 2.41. The van der Waals surface area contributed by atoms with Gasteiger partial charge in [-0.2, -0.15) is 0 Å². The van der Waals surface area contributed by atoms with E-state index in [4.69, 9.17) is 4.74 Å². The van der Waals surface area contributed by atoms with E-state index in [9.17, 15) is 20.2 Å². The van der Waals surface area contributed by atoms with Gasteiger partial charge in [-0.1, -0.05) is 12.1 Å². The summed E-state index contributed by atoms with van der Waals surface area (Å²) in [7, 11) is 4.84. The molecule has 0 aromatic heterocycles. The van der Waals surface area contributed by atoms with Gasteiger partial charge in [0.15, 0.2) is 0 Å². The summed E-state index contributed by atoms with van der Waals surface area (Å²) >= 11 is 0. The summed E-state index contributed by atoms with van der Waals surface area (Å²) in [6, 6.07) is 9.24. The van der Waals surface area contributed by atoms with Crippen LogP contribution in [0.5, 0.6) is 5.75 Å². The summed E-state index contributed by atoms with van der Waals surface area (Å²) < 4.78 is 5.06. The van der Waals surface area contributed by atoms with Gasteiger partial charge in [0.2, 0.25) is 5.69 Å². The summed E-state index contributed by atoms with van der Waals surface area (Å²) in [5.74, 6) is 0.611. The first kappa shape index (κ1) is 17.9. The van der Waals surface area contributed by atoms with Crippen LogP contribution in [0.25, 0.3) is 11.1 Å². The molecule has 0 amide bonds. The fourth-order valence-electron chi connectivity index (χ4n) is 2.14. The first-order valence-electron chi connectivity index (χ1n) is 7.15. The van der Waals surface area contributed by atoms with Crippen LogP contribution in [0.2, 0.25) is 0 Å². The van der Waals surface area contributed by atoms with E-state index in [1.165, 1.54) is 30.5 Å². The van der Waals surface area contributed by atoms with Crippen LogP contribution in [-0.2, 0) is 0 Å². The Morgan fingerprint density at radius 2 is 1.52 bits per heavy atom. The molecule has 2 aromatic carbocycles. The van der Waals surface area contributed by atoms with E-state index in [-0.39, 0.29) is 5.69 Å². The highest BCUT2D eigenvalue weighted by Gasteiger charge is 2.26. The standard InChI is InChI=1S/C16H16N4O5/c1-18(2)10-17-16-14(19(21)22)8-12(9-15(16)20(23)24)11-4-6-13(25-3)7-5-11/h4-10H,1-3H3. The molecule has 0 N–H and O–H groups in total. The van der Waals surface area contributed by atoms with Crippen LogP contribution < -0.4 is 4.74 Å². The summed E-state index contributed by atoms with van der Waals surface area (Å²) in [5.41, 5.74) is -0.211. The predicted octanol–water partition coefficient (Wildman–Crippen LogP) is 3.40. The molecule has 0 fully saturated rings. The highest BCUT2D eigenvalue weighted by atomic mass is 16.6. The number of hydrogen-bond donors (Lipinski definition) is 0. The molecule has 2 aromatic rings. The van der Waals surface area contributed by atoms with Gasteiger partial charge in [0.05, 0.1) is 23.3 Å². The van der Waals surface area contributed by atoms with Crippen molar-refractivity contribution in [2.75, 3.05) is 21.2 Å². The number of aliphatic imine (C=N–C) groups is 1. The molecular formula is C16H16N4O5. The van der Waals surface area contributed by atoms with Gasteiger partial charge in [0.25, 0.3) is 0 Å². The number of benzene rings is 2. The van der Waals surface area contributed by atoms with Gasteiger partial charge >= 0.3 is 11.4 Å². The van der Waals surface area contributed by atoms with Gasteiger partial charge in [-0.3, -0.25) is 20.2 Å². The van der Waals surface area contributed by atoms with Crippen LogP contribution in [0.1, 0.15) is 0 Å². The van der Waals surface area contributed by atoms with Gasteiger partial charge in [0, 0.05) is 26.2 Å². The number of rotatable bonds is 6. The van der Waals surface area contributed by atoms with Crippen molar-refractivity contribution >= 4 is 23.4 Å². The van der Waals surface area contributed by atoms with Gasteiger partial charge in [-0.05, 0) is 23.3 Å². The minimum absolute atomic E-state index is 0.291. The van der Waals surface area contributed by atoms with Gasteiger partial charge in [-0.15, -0.1) is 0 Å². The van der Waals surface area contributed by atoms with Crippen molar-refractivity contribution in [2.45, 2.75) is 0 Å². The first-order chi connectivity index (χ1) is 11.8. The molecule has 0 radical (unpaired) electrons. The molecule has 0 atom stereocenters. The van der Waals surface area contributed by atoms with Crippen LogP contribution in [0.3, 0.4) is 0 Å². The van der Waals surface area contributed by atoms with E-state index in [1.807, 2.05) is 0 Å². The third-order valence-electron chi connectivity index (χ3n) is 3.30. The Bertz CT molecular complexity index is 796. The topological polar surface area (TPSA) is 111 Å². The lowest BCUT2D eigenvalue weighted by Gasteiger charge is -2.07. The summed E-state index contributed by atoms with van der Waals surface area (Å²) in [6.45, 7) is 0. The molecular weight excluding hydrogens is 328 g/mol. The molecule has 0 spiro atoms. The Morgan fingerprint density at radius 3 is 1.92 bits per heavy atom. The maximum absolute atomic E-state index is 11.4. The normalized spacial score (nSPS) is 10.7. The second kappa shape index (κ2) is 7.39. The van der Waals surface area contributed by atoms with Crippen LogP contribution in [0.15, 0.2) is 41.4 Å². The van der Waals surface area contributed by atoms with E-state index in [0.29, 0.717) is 16.9 Å². The first-order valence-corrected chi connectivity index (χ1v) is 7.15. The minimum atomic E-state index is -0.678. The number of ether oxygens (including phenoxy) is 1. The minimum Gasteiger partial charge on any atom is -0.497 e. The molecule has 0 heterocycles. The lowest BCUT2D eigenvalue weighted by Crippen LogP contribution is -2.07. The molecule has 9 heteroatoms. The lowest BCUT2D eigenvalue weighted by molar-refractivity contribution is -0.392. The molecule has 0 aliphatic rings. The van der Waals surface area contributed by atoms with Crippen LogP contribution in [0, 0.1) is 20.2 Å². The number of nitro groups is 2. The zero-order valence-electron chi connectivity index (χ0n) is 13.9. The van der Waals surface area contributed by atoms with Crippen molar-refractivity contribution < 1.29 is 14.6 Å². The quantitative estimate of drug-likeness (QED) is 0.344. The maximum Gasteiger partial charge on any atom is 0.302 e. The second-order valence-electron chi connectivity index (χ2n) is 5.31. The van der Waals surface area contributed by atoms with Crippen molar-refractivity contribution in [2.24, 2.45) is 4.99 Å². The van der Waals surface area contributed by atoms with Gasteiger partial charge in [0.1, 0.15) is 5.75 Å². The predicted molar refractivity (Wildman–Crippen MR) is 93.6 cm³/mol. The third kappa shape index (κ3) is 4.08. The number of hydrogen-bond acceptors (Lipinski definition) is 6. The Morgan fingerprint density at radius 1 is 1.00 bits per heavy atom. The van der Waals surface area contributed by atoms with Gasteiger partial charge < -0.3 is 9.64 Å². The molecule has 25 heavy (non-hydrogen) atoms. The van der Waals surface area contributed by atoms with Crippen molar-refractivity contribution in [1.29, 1.82) is 0 Å². The molecule has 9 nitrogen and oxygen atoms in total. The molecule has 2 rings (SSSR count). The van der Waals surface area contributed by atoms with Crippen molar-refractivity contribution in [3.8, 4) is 16.9 Å². The van der Waals surface area contributed by atoms with Crippen LogP contribution in [-0.4, -0.2) is 42.3 Å². The van der Waals surface area contributed by atoms with E-state index < -0.39 is 21.2 Å². The zero-order valence-corrected chi connectivity index (χ0v) is 13.9. The average Bonchev–Trinajstić information content (AvgIpc) is 2.59. The lowest BCUT2D eigenvalue weighted by atomic mass is 10.0. The highest BCUT2D eigenvalue weighted by molar-refractivity contribution is 5.82. The Kier molecular flexibility index (Phi) is 5.28. The Labute approximate surface area is 143 Å². The fourth-order valence-corrected chi connectivity index (χ4v) is 2.14. The molecule has 130 valence electrons. The number of methoxy groups -OCH3 is 1. The number of nitrogens with zero attached hydrogens (tertiary/aromatic N) is 4. The maximum atomic E-state index is 11.4. The van der Waals surface area contributed by atoms with Gasteiger partial charge in [-0.25, -0.2) is 4.99 Å². The van der Waals surface area contributed by atoms with E-state index in [1.54, 1.807) is 38.4 Å². The monoisotopic (exact) mass is 344 g/mol. The molecule has 0 saturated carbocycles. The third-order valence-corrected chi connectivity index (χ3v) is 3.30. The Balaban J connectivity index is 2.67. The summed E-state index contributed by atoms with van der Waals surface area (Å²) in [5, 5.41) is 22.8. The van der Waals surface area contributed by atoms with Crippen molar-refractivity contribution in [3.63, 3.8) is 0 Å². The molecule has 0 saturated heterocycles. The van der Waals surface area contributed by atoms with Crippen molar-refractivity contribution in [1.82, 2.24) is 4.90 Å². The molecule has 0 bridgehead atoms. The van der Waals surface area contributed by atoms with E-state index in [0.717, 1.165) is 0 Å². The smallest absolute Gasteiger partial charge is 0.302 e. The summed E-state index contributed by atoms with van der Waals surface area (Å²) in [6.07, 6.45) is 1.28. The molecule has 0 unspecified atom stereocenters. The summed E-state index contributed by atoms with van der Waals surface area (Å²) in [4.78, 5) is 26.9. The molecule has 0 aliphatic carbocycles. The van der Waals surface area contributed by atoms with Crippen molar-refractivity contribution in [3.05, 3.63) is 56.6 Å². The van der Waals surface area contributed by atoms with E-state index >= 15 is 0 Å². The largest absolute Gasteiger partial charge is 0.497 e. The second-order valence-corrected chi connectivity index (χ2v) is 5.31.